The predicted octanol–water partition coefficient (Wildman–Crippen LogP) is 4.12. The van der Waals surface area contributed by atoms with Crippen molar-refractivity contribution in [2.45, 2.75) is 12.7 Å². The molecule has 2 heterocycles. The van der Waals surface area contributed by atoms with E-state index < -0.39 is 17.6 Å². The third kappa shape index (κ3) is 5.78. The number of carbonyl (C=O) groups is 1. The van der Waals surface area contributed by atoms with Gasteiger partial charge in [-0.25, -0.2) is 5.48 Å². The summed E-state index contributed by atoms with van der Waals surface area (Å²) in [6, 6.07) is 11.7. The lowest BCUT2D eigenvalue weighted by Crippen LogP contribution is -2.20. The van der Waals surface area contributed by atoms with Crippen LogP contribution in [0.25, 0.3) is 10.6 Å². The number of hydrogen-bond donors (Lipinski definition) is 3. The quantitative estimate of drug-likeness (QED) is 0.281. The number of rotatable bonds is 8. The molecule has 30 heavy (non-hydrogen) atoms. The minimum absolute atomic E-state index is 0.307. The summed E-state index contributed by atoms with van der Waals surface area (Å²) in [5.74, 6) is -0.188. The molecule has 0 bridgehead atoms. The Morgan fingerprint density at radius 1 is 1.10 bits per heavy atom. The highest BCUT2D eigenvalue weighted by atomic mass is 32.1. The van der Waals surface area contributed by atoms with E-state index in [0.717, 1.165) is 22.6 Å². The highest BCUT2D eigenvalue weighted by molar-refractivity contribution is 7.17. The molecular formula is C20H18F3N3O3S. The normalized spacial score (nSPS) is 11.3. The molecule has 1 aromatic carbocycles. The van der Waals surface area contributed by atoms with E-state index in [9.17, 15) is 18.0 Å². The molecule has 0 aliphatic heterocycles. The minimum Gasteiger partial charge on any atom is -0.492 e. The fraction of sp³-hybridized carbons (Fsp3) is 0.200. The van der Waals surface area contributed by atoms with E-state index in [-0.39, 0.29) is 0 Å². The van der Waals surface area contributed by atoms with Gasteiger partial charge in [0.25, 0.3) is 5.91 Å². The van der Waals surface area contributed by atoms with Gasteiger partial charge in [-0.2, -0.15) is 13.2 Å². The van der Waals surface area contributed by atoms with Gasteiger partial charge in [0.1, 0.15) is 12.4 Å². The molecule has 0 unspecified atom stereocenters. The van der Waals surface area contributed by atoms with Crippen molar-refractivity contribution in [1.29, 1.82) is 0 Å². The minimum atomic E-state index is -4.36. The van der Waals surface area contributed by atoms with Crippen LogP contribution in [0.5, 0.6) is 5.75 Å². The number of alkyl halides is 3. The van der Waals surface area contributed by atoms with Gasteiger partial charge in [0, 0.05) is 19.3 Å². The van der Waals surface area contributed by atoms with E-state index in [1.807, 2.05) is 12.1 Å². The summed E-state index contributed by atoms with van der Waals surface area (Å²) in [5.41, 5.74) is 2.54. The molecule has 0 fully saturated rings. The van der Waals surface area contributed by atoms with Crippen LogP contribution in [-0.2, 0) is 12.7 Å². The van der Waals surface area contributed by atoms with Crippen molar-refractivity contribution < 1.29 is 27.9 Å². The summed E-state index contributed by atoms with van der Waals surface area (Å²) >= 11 is 1.22. The lowest BCUT2D eigenvalue weighted by Gasteiger charge is -2.10. The zero-order valence-corrected chi connectivity index (χ0v) is 16.4. The molecule has 0 spiro atoms. The Labute approximate surface area is 174 Å². The number of hydrogen-bond acceptors (Lipinski definition) is 6. The number of nitrogens with zero attached hydrogens (tertiary/aromatic N) is 1. The zero-order valence-electron chi connectivity index (χ0n) is 15.6. The van der Waals surface area contributed by atoms with E-state index in [2.05, 4.69) is 10.3 Å². The Balaban J connectivity index is 1.42. The second-order valence-electron chi connectivity index (χ2n) is 6.20. The first-order valence-electron chi connectivity index (χ1n) is 8.87. The smallest absolute Gasteiger partial charge is 0.416 e. The van der Waals surface area contributed by atoms with Crippen molar-refractivity contribution in [3.63, 3.8) is 0 Å². The first kappa shape index (κ1) is 21.8. The fourth-order valence-corrected chi connectivity index (χ4v) is 3.41. The van der Waals surface area contributed by atoms with Gasteiger partial charge in [0.2, 0.25) is 0 Å². The molecule has 3 aromatic rings. The molecule has 0 aliphatic carbocycles. The van der Waals surface area contributed by atoms with Gasteiger partial charge in [-0.05, 0) is 48.0 Å². The topological polar surface area (TPSA) is 83.5 Å². The monoisotopic (exact) mass is 437 g/mol. The summed E-state index contributed by atoms with van der Waals surface area (Å²) < 4.78 is 43.0. The van der Waals surface area contributed by atoms with Crippen LogP contribution in [0.1, 0.15) is 20.8 Å². The van der Waals surface area contributed by atoms with Crippen LogP contribution in [0.2, 0.25) is 0 Å². The number of thiophene rings is 1. The molecule has 0 aliphatic rings. The molecule has 0 saturated carbocycles. The largest absolute Gasteiger partial charge is 0.492 e. The molecule has 3 rings (SSSR count). The number of amides is 1. The molecule has 158 valence electrons. The third-order valence-corrected chi connectivity index (χ3v) is 5.17. The second-order valence-corrected chi connectivity index (χ2v) is 7.29. The Hall–Kier alpha value is -2.95. The molecule has 0 atom stereocenters. The molecule has 0 radical (unpaired) electrons. The van der Waals surface area contributed by atoms with Gasteiger partial charge in [0.05, 0.1) is 21.0 Å². The summed E-state index contributed by atoms with van der Waals surface area (Å²) in [6.07, 6.45) is -2.64. The van der Waals surface area contributed by atoms with Crippen molar-refractivity contribution in [3.05, 3.63) is 70.7 Å². The maximum atomic E-state index is 12.5. The SMILES string of the molecule is O=C(NO)c1ccc(-c2ccc(CNCCOc3ccc(C(F)(F)F)cc3)cn2)s1. The van der Waals surface area contributed by atoms with E-state index in [0.29, 0.717) is 36.0 Å². The molecule has 6 nitrogen and oxygen atoms in total. The first-order chi connectivity index (χ1) is 14.4. The Bertz CT molecular complexity index is 973. The number of ether oxygens (including phenoxy) is 1. The lowest BCUT2D eigenvalue weighted by molar-refractivity contribution is -0.137. The lowest BCUT2D eigenvalue weighted by atomic mass is 10.2. The van der Waals surface area contributed by atoms with E-state index in [1.54, 1.807) is 23.8 Å². The fourth-order valence-electron chi connectivity index (χ4n) is 2.54. The molecule has 10 heteroatoms. The number of benzene rings is 1. The van der Waals surface area contributed by atoms with Crippen LogP contribution in [0.4, 0.5) is 13.2 Å². The number of hydroxylamine groups is 1. The van der Waals surface area contributed by atoms with Gasteiger partial charge < -0.3 is 10.1 Å². The maximum absolute atomic E-state index is 12.5. The van der Waals surface area contributed by atoms with Gasteiger partial charge >= 0.3 is 6.18 Å². The molecule has 1 amide bonds. The van der Waals surface area contributed by atoms with Crippen molar-refractivity contribution in [3.8, 4) is 16.3 Å². The Morgan fingerprint density at radius 2 is 1.87 bits per heavy atom. The van der Waals surface area contributed by atoms with E-state index in [4.69, 9.17) is 9.94 Å². The number of halogens is 3. The first-order valence-corrected chi connectivity index (χ1v) is 9.69. The maximum Gasteiger partial charge on any atom is 0.416 e. The van der Waals surface area contributed by atoms with Crippen LogP contribution in [0.15, 0.2) is 54.7 Å². The third-order valence-electron chi connectivity index (χ3n) is 4.07. The summed E-state index contributed by atoms with van der Waals surface area (Å²) in [7, 11) is 0. The van der Waals surface area contributed by atoms with E-state index in [1.165, 1.54) is 23.5 Å². The van der Waals surface area contributed by atoms with Crippen molar-refractivity contribution in [1.82, 2.24) is 15.8 Å². The van der Waals surface area contributed by atoms with Gasteiger partial charge in [-0.1, -0.05) is 6.07 Å². The van der Waals surface area contributed by atoms with Crippen molar-refractivity contribution >= 4 is 17.2 Å². The molecular weight excluding hydrogens is 419 g/mol. The van der Waals surface area contributed by atoms with Crippen LogP contribution in [0.3, 0.4) is 0 Å². The van der Waals surface area contributed by atoms with Crippen LogP contribution in [0, 0.1) is 0 Å². The van der Waals surface area contributed by atoms with Gasteiger partial charge in [-0.3, -0.25) is 15.0 Å². The standard InChI is InChI=1S/C20H18F3N3O3S/c21-20(22,23)14-2-4-15(5-3-14)29-10-9-24-11-13-1-6-16(25-12-13)17-7-8-18(30-17)19(27)26-28/h1-8,12,24,28H,9-11H2,(H,26,27). The summed E-state index contributed by atoms with van der Waals surface area (Å²) in [5, 5.41) is 11.8. The number of carbonyl (C=O) groups excluding carboxylic acids is 1. The summed E-state index contributed by atoms with van der Waals surface area (Å²) in [6.45, 7) is 1.36. The molecule has 2 aromatic heterocycles. The highest BCUT2D eigenvalue weighted by Crippen LogP contribution is 2.30. The Kier molecular flexibility index (Phi) is 7.03. The van der Waals surface area contributed by atoms with Crippen LogP contribution < -0.4 is 15.5 Å². The van der Waals surface area contributed by atoms with Crippen LogP contribution in [-0.4, -0.2) is 29.3 Å². The number of nitrogens with one attached hydrogen (secondary N) is 2. The van der Waals surface area contributed by atoms with E-state index >= 15 is 0 Å². The average Bonchev–Trinajstić information content (AvgIpc) is 3.23. The van der Waals surface area contributed by atoms with Crippen LogP contribution >= 0.6 is 11.3 Å². The highest BCUT2D eigenvalue weighted by Gasteiger charge is 2.29. The molecule has 0 saturated heterocycles. The summed E-state index contributed by atoms with van der Waals surface area (Å²) in [4.78, 5) is 17.0. The second kappa shape index (κ2) is 9.70. The number of pyridine rings is 1. The molecule has 3 N–H and O–H groups in total. The predicted molar refractivity (Wildman–Crippen MR) is 105 cm³/mol. The van der Waals surface area contributed by atoms with Gasteiger partial charge in [-0.15, -0.1) is 11.3 Å². The van der Waals surface area contributed by atoms with Gasteiger partial charge in [0.15, 0.2) is 0 Å². The van der Waals surface area contributed by atoms with Crippen molar-refractivity contribution in [2.24, 2.45) is 0 Å². The number of aromatic nitrogens is 1. The van der Waals surface area contributed by atoms with Crippen molar-refractivity contribution in [2.75, 3.05) is 13.2 Å². The Morgan fingerprint density at radius 3 is 2.50 bits per heavy atom. The average molecular weight is 437 g/mol. The zero-order chi connectivity index (χ0) is 21.6.